The molecule has 2 nitrogen and oxygen atoms in total. The highest BCUT2D eigenvalue weighted by molar-refractivity contribution is 5.78. The average molecular weight is 311 g/mol. The number of benzene rings is 3. The first-order valence-corrected chi connectivity index (χ1v) is 8.03. The van der Waals surface area contributed by atoms with Gasteiger partial charge < -0.3 is 4.42 Å². The Morgan fingerprint density at radius 1 is 0.708 bits per heavy atom. The Labute approximate surface area is 140 Å². The molecule has 0 aliphatic heterocycles. The zero-order valence-corrected chi connectivity index (χ0v) is 13.2. The monoisotopic (exact) mass is 311 g/mol. The van der Waals surface area contributed by atoms with Gasteiger partial charge in [0.25, 0.3) is 0 Å². The molecule has 0 amide bonds. The lowest BCUT2D eigenvalue weighted by Gasteiger charge is -2.05. The molecule has 3 aromatic carbocycles. The van der Waals surface area contributed by atoms with Crippen molar-refractivity contribution in [2.45, 2.75) is 6.54 Å². The van der Waals surface area contributed by atoms with Crippen LogP contribution in [0, 0.1) is 0 Å². The van der Waals surface area contributed by atoms with Crippen molar-refractivity contribution >= 4 is 11.0 Å². The van der Waals surface area contributed by atoms with Crippen LogP contribution in [0.25, 0.3) is 22.3 Å². The van der Waals surface area contributed by atoms with E-state index in [4.69, 9.17) is 9.41 Å². The van der Waals surface area contributed by atoms with E-state index in [0.717, 1.165) is 27.7 Å². The fraction of sp³-hybridized carbons (Fsp3) is 0.0455. The van der Waals surface area contributed by atoms with Crippen LogP contribution in [0.15, 0.2) is 100 Å². The molecule has 0 bridgehead atoms. The molecule has 116 valence electrons. The number of rotatable bonds is 3. The van der Waals surface area contributed by atoms with Crippen molar-refractivity contribution in [3.8, 4) is 11.3 Å². The highest BCUT2D eigenvalue weighted by Crippen LogP contribution is 2.21. The van der Waals surface area contributed by atoms with Crippen LogP contribution < -0.4 is 5.36 Å². The number of hydrogen-bond donors (Lipinski definition) is 0. The number of fused-ring (bicyclic) bond motifs is 1. The van der Waals surface area contributed by atoms with Gasteiger partial charge in [0.15, 0.2) is 0 Å². The molecule has 0 saturated heterocycles. The molecule has 0 aliphatic carbocycles. The van der Waals surface area contributed by atoms with Crippen LogP contribution in [0.4, 0.5) is 0 Å². The first-order valence-electron chi connectivity index (χ1n) is 8.03. The van der Waals surface area contributed by atoms with E-state index >= 15 is 0 Å². The summed E-state index contributed by atoms with van der Waals surface area (Å²) in [7, 11) is 0. The van der Waals surface area contributed by atoms with Gasteiger partial charge in [-0.3, -0.25) is 4.99 Å². The Hall–Kier alpha value is -3.13. The van der Waals surface area contributed by atoms with Gasteiger partial charge in [0, 0.05) is 17.0 Å². The lowest BCUT2D eigenvalue weighted by atomic mass is 10.1. The van der Waals surface area contributed by atoms with Crippen molar-refractivity contribution in [3.63, 3.8) is 0 Å². The van der Waals surface area contributed by atoms with Crippen molar-refractivity contribution < 1.29 is 4.42 Å². The lowest BCUT2D eigenvalue weighted by molar-refractivity contribution is 0.618. The van der Waals surface area contributed by atoms with Crippen LogP contribution in [0.5, 0.6) is 0 Å². The smallest absolute Gasteiger partial charge is 0.136 e. The third-order valence-electron chi connectivity index (χ3n) is 3.98. The molecule has 4 aromatic rings. The first kappa shape index (κ1) is 14.5. The summed E-state index contributed by atoms with van der Waals surface area (Å²) in [6, 6.07) is 30.5. The Bertz CT molecular complexity index is 1020. The van der Waals surface area contributed by atoms with Crippen LogP contribution in [0.1, 0.15) is 5.56 Å². The maximum Gasteiger partial charge on any atom is 0.136 e. The normalized spacial score (nSPS) is 11.8. The van der Waals surface area contributed by atoms with Gasteiger partial charge in [-0.25, -0.2) is 0 Å². The summed E-state index contributed by atoms with van der Waals surface area (Å²) in [5.74, 6) is 0.834. The zero-order valence-electron chi connectivity index (χ0n) is 13.2. The quantitative estimate of drug-likeness (QED) is 0.510. The second-order valence-corrected chi connectivity index (χ2v) is 5.66. The van der Waals surface area contributed by atoms with Gasteiger partial charge in [-0.2, -0.15) is 0 Å². The van der Waals surface area contributed by atoms with E-state index < -0.39 is 0 Å². The molecule has 4 rings (SSSR count). The summed E-state index contributed by atoms with van der Waals surface area (Å²) in [4.78, 5) is 4.83. The summed E-state index contributed by atoms with van der Waals surface area (Å²) < 4.78 is 6.08. The second kappa shape index (κ2) is 6.55. The minimum absolute atomic E-state index is 0.656. The minimum atomic E-state index is 0.656. The van der Waals surface area contributed by atoms with Crippen molar-refractivity contribution in [3.05, 3.63) is 102 Å². The maximum absolute atomic E-state index is 6.08. The molecule has 24 heavy (non-hydrogen) atoms. The summed E-state index contributed by atoms with van der Waals surface area (Å²) in [5, 5.41) is 1.99. The molecule has 1 aromatic heterocycles. The first-order chi connectivity index (χ1) is 11.9. The standard InChI is InChI=1S/C22H17NO/c1-3-9-17(10-4-1)16-23-20-15-22(18-11-5-2-6-12-18)24-21-14-8-7-13-19(20)21/h1-15H,16H2. The van der Waals surface area contributed by atoms with Gasteiger partial charge >= 0.3 is 0 Å². The Balaban J connectivity index is 1.87. The SMILES string of the molecule is c1ccc(CN=c2cc(-c3ccccc3)oc3ccccc23)cc1. The van der Waals surface area contributed by atoms with E-state index in [2.05, 4.69) is 30.3 Å². The van der Waals surface area contributed by atoms with Crippen LogP contribution in [-0.4, -0.2) is 0 Å². The number of nitrogens with zero attached hydrogens (tertiary/aromatic N) is 1. The van der Waals surface area contributed by atoms with E-state index in [1.54, 1.807) is 0 Å². The Kier molecular flexibility index (Phi) is 3.95. The Morgan fingerprint density at radius 2 is 1.38 bits per heavy atom. The number of para-hydroxylation sites is 1. The van der Waals surface area contributed by atoms with Crippen molar-refractivity contribution in [2.75, 3.05) is 0 Å². The van der Waals surface area contributed by atoms with Crippen molar-refractivity contribution in [2.24, 2.45) is 4.99 Å². The van der Waals surface area contributed by atoms with Gasteiger partial charge in [0.1, 0.15) is 11.3 Å². The van der Waals surface area contributed by atoms with Crippen LogP contribution >= 0.6 is 0 Å². The molecule has 2 heteroatoms. The average Bonchev–Trinajstić information content (AvgIpc) is 2.67. The second-order valence-electron chi connectivity index (χ2n) is 5.66. The summed E-state index contributed by atoms with van der Waals surface area (Å²) in [6.45, 7) is 0.656. The van der Waals surface area contributed by atoms with Gasteiger partial charge in [-0.15, -0.1) is 0 Å². The predicted octanol–water partition coefficient (Wildman–Crippen LogP) is 5.20. The molecular weight excluding hydrogens is 294 g/mol. The molecular formula is C22H17NO. The third kappa shape index (κ3) is 2.99. The Morgan fingerprint density at radius 3 is 2.17 bits per heavy atom. The molecule has 0 fully saturated rings. The lowest BCUT2D eigenvalue weighted by Crippen LogP contribution is -2.04. The van der Waals surface area contributed by atoms with E-state index in [0.29, 0.717) is 6.54 Å². The highest BCUT2D eigenvalue weighted by Gasteiger charge is 2.05. The molecule has 0 radical (unpaired) electrons. The molecule has 0 N–H and O–H groups in total. The van der Waals surface area contributed by atoms with Crippen molar-refractivity contribution in [1.82, 2.24) is 0 Å². The van der Waals surface area contributed by atoms with Gasteiger partial charge in [0.05, 0.1) is 11.9 Å². The molecule has 0 spiro atoms. The summed E-state index contributed by atoms with van der Waals surface area (Å²) in [6.07, 6.45) is 0. The molecule has 0 atom stereocenters. The van der Waals surface area contributed by atoms with E-state index in [-0.39, 0.29) is 0 Å². The highest BCUT2D eigenvalue weighted by atomic mass is 16.3. The summed E-state index contributed by atoms with van der Waals surface area (Å²) in [5.41, 5.74) is 3.11. The van der Waals surface area contributed by atoms with E-state index in [9.17, 15) is 0 Å². The fourth-order valence-corrected chi connectivity index (χ4v) is 2.75. The van der Waals surface area contributed by atoms with Crippen LogP contribution in [0.3, 0.4) is 0 Å². The largest absolute Gasteiger partial charge is 0.456 e. The van der Waals surface area contributed by atoms with Crippen molar-refractivity contribution in [1.29, 1.82) is 0 Å². The molecule has 1 heterocycles. The molecule has 0 aliphatic rings. The van der Waals surface area contributed by atoms with Crippen LogP contribution in [0.2, 0.25) is 0 Å². The third-order valence-corrected chi connectivity index (χ3v) is 3.98. The van der Waals surface area contributed by atoms with Crippen LogP contribution in [-0.2, 0) is 6.54 Å². The molecule has 0 unspecified atom stereocenters. The topological polar surface area (TPSA) is 25.5 Å². The predicted molar refractivity (Wildman–Crippen MR) is 97.4 cm³/mol. The van der Waals surface area contributed by atoms with Gasteiger partial charge in [-0.1, -0.05) is 72.8 Å². The van der Waals surface area contributed by atoms with E-state index in [1.807, 2.05) is 60.7 Å². The molecule has 0 saturated carbocycles. The van der Waals surface area contributed by atoms with Gasteiger partial charge in [0.2, 0.25) is 0 Å². The zero-order chi connectivity index (χ0) is 16.2. The van der Waals surface area contributed by atoms with Gasteiger partial charge in [-0.05, 0) is 17.7 Å². The minimum Gasteiger partial charge on any atom is -0.456 e. The maximum atomic E-state index is 6.08. The summed E-state index contributed by atoms with van der Waals surface area (Å²) >= 11 is 0. The number of hydrogen-bond acceptors (Lipinski definition) is 2. The van der Waals surface area contributed by atoms with E-state index in [1.165, 1.54) is 5.56 Å². The fourth-order valence-electron chi connectivity index (χ4n) is 2.75.